The molecule has 520 valence electrons. The van der Waals surface area contributed by atoms with Crippen molar-refractivity contribution >= 4 is 23.6 Å². The van der Waals surface area contributed by atoms with E-state index < -0.39 is 285 Å². The summed E-state index contributed by atoms with van der Waals surface area (Å²) in [5.74, 6) is -3.20. The Morgan fingerprint density at radius 1 is 0.289 bits per heavy atom. The Bertz CT molecular complexity index is 2310. The summed E-state index contributed by atoms with van der Waals surface area (Å²) in [6.07, 6.45) is -61.0. The van der Waals surface area contributed by atoms with Crippen molar-refractivity contribution < 1.29 is 178 Å². The Morgan fingerprint density at radius 3 is 1.11 bits per heavy atom. The summed E-state index contributed by atoms with van der Waals surface area (Å²) >= 11 is 0. The fourth-order valence-corrected chi connectivity index (χ4v) is 11.4. The second kappa shape index (κ2) is 32.4. The summed E-state index contributed by atoms with van der Waals surface area (Å²) < 4.78 is 76.2. The number of carbonyl (C=O) groups is 4. The first-order valence-electron chi connectivity index (χ1n) is 28.6. The molecular formula is C50H84N4O36. The van der Waals surface area contributed by atoms with Crippen LogP contribution in [0.15, 0.2) is 0 Å². The van der Waals surface area contributed by atoms with Crippen molar-refractivity contribution in [2.45, 2.75) is 242 Å². The quantitative estimate of drug-likeness (QED) is 0.0452. The molecule has 40 heteroatoms. The third kappa shape index (κ3) is 16.6. The minimum absolute atomic E-state index is 0.745. The van der Waals surface area contributed by atoms with Gasteiger partial charge in [0.2, 0.25) is 23.6 Å². The summed E-state index contributed by atoms with van der Waals surface area (Å²) in [6, 6.07) is -6.68. The topological polar surface area (TPSA) is 621 Å². The number of hydrogen-bond donors (Lipinski definition) is 23. The summed E-state index contributed by atoms with van der Waals surface area (Å²) in [5, 5.41) is 217. The zero-order valence-corrected chi connectivity index (χ0v) is 48.6. The van der Waals surface area contributed by atoms with Crippen molar-refractivity contribution in [3.8, 4) is 0 Å². The van der Waals surface area contributed by atoms with Gasteiger partial charge in [-0.3, -0.25) is 19.2 Å². The van der Waals surface area contributed by atoms with Crippen LogP contribution in [0.4, 0.5) is 0 Å². The summed E-state index contributed by atoms with van der Waals surface area (Å²) in [5.41, 5.74) is 0. The maximum Gasteiger partial charge on any atom is 0.217 e. The molecule has 7 aliphatic heterocycles. The lowest BCUT2D eigenvalue weighted by Crippen LogP contribution is -2.70. The third-order valence-corrected chi connectivity index (χ3v) is 16.1. The number of hydrogen-bond acceptors (Lipinski definition) is 36. The highest BCUT2D eigenvalue weighted by atomic mass is 16.8. The second-order valence-corrected chi connectivity index (χ2v) is 22.6. The van der Waals surface area contributed by atoms with Crippen LogP contribution in [0.3, 0.4) is 0 Å². The number of aliphatic hydroxyl groups is 19. The molecule has 0 spiro atoms. The van der Waals surface area contributed by atoms with Gasteiger partial charge in [-0.2, -0.15) is 0 Å². The van der Waals surface area contributed by atoms with E-state index in [1.807, 2.05) is 0 Å². The van der Waals surface area contributed by atoms with Gasteiger partial charge in [-0.25, -0.2) is 0 Å². The van der Waals surface area contributed by atoms with Crippen LogP contribution in [0.1, 0.15) is 27.7 Å². The van der Waals surface area contributed by atoms with E-state index in [9.17, 15) is 116 Å². The average Bonchev–Trinajstić information content (AvgIpc) is 0.828. The highest BCUT2D eigenvalue weighted by Crippen LogP contribution is 2.37. The van der Waals surface area contributed by atoms with Crippen molar-refractivity contribution in [1.29, 1.82) is 0 Å². The van der Waals surface area contributed by atoms with Crippen LogP contribution in [-0.2, 0) is 80.8 Å². The fourth-order valence-electron chi connectivity index (χ4n) is 11.4. The molecule has 7 heterocycles. The standard InChI is InChI=1S/C50H84N4O36/c1-12(60)51-23-34(71)40(19(8-58)80-44(23)77)87-47-26(54-15(4)63)35(72)41(20(9-59)84-47)88-49-39(76)42(89-48-38(75)36(73)29(66)18(7-57)83-48)31(68)22(85-49)11-79-50-43(90-46-25(53-14(3)62)33(70)28(65)17(6-56)82-46)37(74)30(67)21(86-50)10-78-45-24(52-13(2)61)32(69)27(64)16(5-55)81-45/h16-50,55-59,64-77H,5-11H2,1-4H3,(H,51,60)(H,52,61)(H,53,62)(H,54,63)/t16-,17-,18-,19-,20-,21-,22-,23-,24-,25-,26-,27-,28-,29-,30-,31-,32-,33-,34-,35-,36+,37+,38+,39+,40-,41-,42+,43+,44?,45-,46+,47+,48-,49+,50+/m1/s1. The van der Waals surface area contributed by atoms with Gasteiger partial charge >= 0.3 is 0 Å². The maximum absolute atomic E-state index is 12.8. The number of nitrogens with one attached hydrogen (secondary N) is 4. The van der Waals surface area contributed by atoms with Gasteiger partial charge in [-0.15, -0.1) is 0 Å². The lowest BCUT2D eigenvalue weighted by atomic mass is 9.94. The second-order valence-electron chi connectivity index (χ2n) is 22.6. The monoisotopic (exact) mass is 1320 g/mol. The smallest absolute Gasteiger partial charge is 0.217 e. The summed E-state index contributed by atoms with van der Waals surface area (Å²) in [7, 11) is 0. The van der Waals surface area contributed by atoms with Crippen molar-refractivity contribution in [2.75, 3.05) is 46.2 Å². The predicted molar refractivity (Wildman–Crippen MR) is 278 cm³/mol. The van der Waals surface area contributed by atoms with Crippen LogP contribution >= 0.6 is 0 Å². The van der Waals surface area contributed by atoms with Gasteiger partial charge in [0, 0.05) is 27.7 Å². The van der Waals surface area contributed by atoms with Crippen LogP contribution in [0.5, 0.6) is 0 Å². The normalized spacial score (nSPS) is 47.6. The molecule has 1 unspecified atom stereocenters. The van der Waals surface area contributed by atoms with Crippen LogP contribution in [-0.4, -0.2) is 382 Å². The van der Waals surface area contributed by atoms with Crippen molar-refractivity contribution in [1.82, 2.24) is 21.3 Å². The van der Waals surface area contributed by atoms with E-state index in [1.54, 1.807) is 0 Å². The number of amides is 4. The van der Waals surface area contributed by atoms with Crippen molar-refractivity contribution in [3.63, 3.8) is 0 Å². The molecule has 23 N–H and O–H groups in total. The lowest BCUT2D eigenvalue weighted by Gasteiger charge is -2.50. The van der Waals surface area contributed by atoms with Crippen LogP contribution in [0.25, 0.3) is 0 Å². The maximum atomic E-state index is 12.8. The SMILES string of the molecule is CC(=O)N[C@H]1[C@H](O[C@H]2[C@H](O)[C@@H](NC(C)=O)C(O)O[C@@H]2CO)O[C@H](CO)[C@@H](O[C@@H]2O[C@H](CO[C@H]3O[C@H](CO[C@@H]4O[C@H](CO)[C@@H](O)[C@H](O)[C@H]4NC(C)=O)[C@@H](O)[C@H](O)[C@@H]3O[C@@H]3O[C@H](CO)[C@@H](O)[C@H](O)[C@H]3NC(C)=O)[C@@H](O)[C@H](O[C@H]3O[C@H](CO)[C@@H](O)[C@H](O)[C@@H]3O)[C@@H]2O)[C@@H]1O. The molecule has 0 aromatic rings. The summed E-state index contributed by atoms with van der Waals surface area (Å²) in [4.78, 5) is 49.4. The number of ether oxygens (including phenoxy) is 13. The minimum atomic E-state index is -2.37. The van der Waals surface area contributed by atoms with Gasteiger partial charge in [0.1, 0.15) is 171 Å². The van der Waals surface area contributed by atoms with E-state index in [0.717, 1.165) is 27.7 Å². The van der Waals surface area contributed by atoms with E-state index in [2.05, 4.69) is 21.3 Å². The molecule has 7 saturated heterocycles. The Hall–Kier alpha value is -3.40. The van der Waals surface area contributed by atoms with E-state index in [1.165, 1.54) is 0 Å². The molecule has 7 aliphatic rings. The first-order chi connectivity index (χ1) is 42.5. The van der Waals surface area contributed by atoms with E-state index in [-0.39, 0.29) is 0 Å². The van der Waals surface area contributed by atoms with E-state index >= 15 is 0 Å². The first-order valence-corrected chi connectivity index (χ1v) is 28.6. The highest BCUT2D eigenvalue weighted by molar-refractivity contribution is 5.74. The third-order valence-electron chi connectivity index (χ3n) is 16.1. The molecule has 0 bridgehead atoms. The number of rotatable bonds is 23. The van der Waals surface area contributed by atoms with Crippen molar-refractivity contribution in [2.24, 2.45) is 0 Å². The van der Waals surface area contributed by atoms with Crippen LogP contribution in [0, 0.1) is 0 Å². The fraction of sp³-hybridized carbons (Fsp3) is 0.920. The Kier molecular flexibility index (Phi) is 26.6. The van der Waals surface area contributed by atoms with E-state index in [0.29, 0.717) is 0 Å². The molecule has 0 aromatic heterocycles. The molecule has 35 atom stereocenters. The van der Waals surface area contributed by atoms with Gasteiger partial charge in [-0.05, 0) is 0 Å². The average molecular weight is 1320 g/mol. The largest absolute Gasteiger partial charge is 0.394 e. The molecule has 0 radical (unpaired) electrons. The highest BCUT2D eigenvalue weighted by Gasteiger charge is 2.58. The van der Waals surface area contributed by atoms with Crippen LogP contribution in [0.2, 0.25) is 0 Å². The molecule has 7 fully saturated rings. The zero-order valence-electron chi connectivity index (χ0n) is 48.6. The van der Waals surface area contributed by atoms with Gasteiger partial charge in [0.15, 0.2) is 44.0 Å². The molecule has 0 aliphatic carbocycles. The summed E-state index contributed by atoms with van der Waals surface area (Å²) in [6.45, 7) is -2.80. The predicted octanol–water partition coefficient (Wildman–Crippen LogP) is -15.7. The molecule has 40 nitrogen and oxygen atoms in total. The zero-order chi connectivity index (χ0) is 66.5. The van der Waals surface area contributed by atoms with Gasteiger partial charge in [0.05, 0.1) is 46.2 Å². The van der Waals surface area contributed by atoms with E-state index in [4.69, 9.17) is 61.6 Å². The molecule has 90 heavy (non-hydrogen) atoms. The van der Waals surface area contributed by atoms with Gasteiger partial charge < -0.3 is 180 Å². The lowest BCUT2D eigenvalue weighted by molar-refractivity contribution is -0.388. The molecule has 0 aromatic carbocycles. The minimum Gasteiger partial charge on any atom is -0.394 e. The number of carbonyl (C=O) groups excluding carboxylic acids is 4. The van der Waals surface area contributed by atoms with Gasteiger partial charge in [0.25, 0.3) is 0 Å². The molecule has 0 saturated carbocycles. The number of aliphatic hydroxyl groups excluding tert-OH is 19. The molecule has 4 amide bonds. The molecule has 7 rings (SSSR count). The Balaban J connectivity index is 1.22. The Labute approximate surface area is 510 Å². The van der Waals surface area contributed by atoms with Crippen LogP contribution < -0.4 is 21.3 Å². The van der Waals surface area contributed by atoms with Crippen molar-refractivity contribution in [3.05, 3.63) is 0 Å². The Morgan fingerprint density at radius 2 is 0.611 bits per heavy atom. The first kappa shape index (κ1) is 74.0. The molecular weight excluding hydrogens is 1230 g/mol. The van der Waals surface area contributed by atoms with Gasteiger partial charge in [-0.1, -0.05) is 0 Å².